The van der Waals surface area contributed by atoms with Gasteiger partial charge in [0.05, 0.1) is 16.6 Å². The molecular formula is C17H15N3O4. The van der Waals surface area contributed by atoms with Crippen molar-refractivity contribution in [2.75, 3.05) is 7.11 Å². The summed E-state index contributed by atoms with van der Waals surface area (Å²) in [6.07, 6.45) is -0.941. The molecule has 0 bridgehead atoms. The Balaban J connectivity index is 2.07. The van der Waals surface area contributed by atoms with Gasteiger partial charge < -0.3 is 10.1 Å². The molecule has 1 amide bonds. The van der Waals surface area contributed by atoms with Crippen molar-refractivity contribution in [1.82, 2.24) is 5.32 Å². The van der Waals surface area contributed by atoms with Crippen molar-refractivity contribution in [2.45, 2.75) is 12.6 Å². The molecule has 0 spiro atoms. The minimum atomic E-state index is -0.941. The van der Waals surface area contributed by atoms with Gasteiger partial charge in [0.1, 0.15) is 0 Å². The average Bonchev–Trinajstić information content (AvgIpc) is 2.61. The molecule has 7 heteroatoms. The number of non-ortho nitro benzene ring substituents is 1. The number of nitro groups is 1. The second-order valence-electron chi connectivity index (χ2n) is 4.99. The van der Waals surface area contributed by atoms with Crippen LogP contribution in [0.4, 0.5) is 5.69 Å². The number of nitro benzene ring substituents is 1. The summed E-state index contributed by atoms with van der Waals surface area (Å²) in [5.41, 5.74) is 1.67. The third-order valence-electron chi connectivity index (χ3n) is 3.41. The third-order valence-corrected chi connectivity index (χ3v) is 3.41. The van der Waals surface area contributed by atoms with Crippen LogP contribution in [0.1, 0.15) is 22.8 Å². The molecule has 1 atom stereocenters. The summed E-state index contributed by atoms with van der Waals surface area (Å²) in [7, 11) is 1.37. The lowest BCUT2D eigenvalue weighted by Crippen LogP contribution is -2.30. The van der Waals surface area contributed by atoms with Gasteiger partial charge in [0.2, 0.25) is 0 Å². The highest BCUT2D eigenvalue weighted by Gasteiger charge is 2.21. The Kier molecular flexibility index (Phi) is 5.60. The quantitative estimate of drug-likeness (QED) is 0.649. The van der Waals surface area contributed by atoms with E-state index in [1.165, 1.54) is 25.3 Å². The maximum absolute atomic E-state index is 12.3. The van der Waals surface area contributed by atoms with Crippen LogP contribution in [-0.4, -0.2) is 17.9 Å². The molecule has 0 heterocycles. The number of nitrogens with one attached hydrogen (secondary N) is 1. The van der Waals surface area contributed by atoms with E-state index in [4.69, 9.17) is 10.00 Å². The molecule has 2 aromatic carbocycles. The fourth-order valence-electron chi connectivity index (χ4n) is 2.17. The zero-order chi connectivity index (χ0) is 17.5. The highest BCUT2D eigenvalue weighted by Crippen LogP contribution is 2.22. The molecule has 7 nitrogen and oxygen atoms in total. The number of carbonyl (C=O) groups is 1. The van der Waals surface area contributed by atoms with Crippen molar-refractivity contribution in [3.05, 3.63) is 75.3 Å². The number of benzene rings is 2. The number of methoxy groups -OCH3 is 1. The Labute approximate surface area is 138 Å². The molecule has 0 aliphatic heterocycles. The molecule has 1 N–H and O–H groups in total. The van der Waals surface area contributed by atoms with E-state index in [9.17, 15) is 14.9 Å². The lowest BCUT2D eigenvalue weighted by molar-refractivity contribution is -0.385. The van der Waals surface area contributed by atoms with E-state index < -0.39 is 16.9 Å². The molecule has 0 aliphatic carbocycles. The normalized spacial score (nSPS) is 11.3. The molecule has 0 saturated carbocycles. The molecule has 122 valence electrons. The zero-order valence-corrected chi connectivity index (χ0v) is 12.9. The van der Waals surface area contributed by atoms with Crippen molar-refractivity contribution in [1.29, 1.82) is 5.26 Å². The van der Waals surface area contributed by atoms with Gasteiger partial charge in [-0.1, -0.05) is 24.3 Å². The molecule has 24 heavy (non-hydrogen) atoms. The van der Waals surface area contributed by atoms with Crippen LogP contribution in [0.15, 0.2) is 48.5 Å². The summed E-state index contributed by atoms with van der Waals surface area (Å²) in [6, 6.07) is 14.6. The number of nitrogens with zero attached hydrogens (tertiary/aromatic N) is 2. The molecule has 0 aromatic heterocycles. The molecule has 2 rings (SSSR count). The Morgan fingerprint density at radius 3 is 2.62 bits per heavy atom. The first kappa shape index (κ1) is 17.1. The van der Waals surface area contributed by atoms with E-state index in [0.29, 0.717) is 11.1 Å². The fraction of sp³-hybridized carbons (Fsp3) is 0.176. The smallest absolute Gasteiger partial charge is 0.269 e. The summed E-state index contributed by atoms with van der Waals surface area (Å²) in [5, 5.41) is 22.3. The maximum atomic E-state index is 12.3. The first-order valence-corrected chi connectivity index (χ1v) is 7.09. The van der Waals surface area contributed by atoms with E-state index >= 15 is 0 Å². The average molecular weight is 325 g/mol. The van der Waals surface area contributed by atoms with Crippen molar-refractivity contribution < 1.29 is 14.5 Å². The van der Waals surface area contributed by atoms with E-state index in [-0.39, 0.29) is 12.2 Å². The Morgan fingerprint density at radius 2 is 2.04 bits per heavy atom. The van der Waals surface area contributed by atoms with Crippen LogP contribution in [-0.2, 0) is 16.1 Å². The SMILES string of the molecule is COC(C(=O)NCc1ccc(C#N)cc1)c1cccc([N+](=O)[O-])c1. The van der Waals surface area contributed by atoms with Gasteiger partial charge in [-0.15, -0.1) is 0 Å². The van der Waals surface area contributed by atoms with Gasteiger partial charge >= 0.3 is 0 Å². The molecule has 1 unspecified atom stereocenters. The minimum absolute atomic E-state index is 0.102. The Hall–Kier alpha value is -3.24. The van der Waals surface area contributed by atoms with E-state index in [0.717, 1.165) is 5.56 Å². The second kappa shape index (κ2) is 7.85. The summed E-state index contributed by atoms with van der Waals surface area (Å²) < 4.78 is 5.18. The van der Waals surface area contributed by atoms with Gasteiger partial charge in [-0.05, 0) is 23.3 Å². The van der Waals surface area contributed by atoms with Crippen molar-refractivity contribution in [2.24, 2.45) is 0 Å². The summed E-state index contributed by atoms with van der Waals surface area (Å²) in [6.45, 7) is 0.263. The summed E-state index contributed by atoms with van der Waals surface area (Å²) >= 11 is 0. The summed E-state index contributed by atoms with van der Waals surface area (Å²) in [5.74, 6) is -0.401. The highest BCUT2D eigenvalue weighted by atomic mass is 16.6. The van der Waals surface area contributed by atoms with Gasteiger partial charge in [0.15, 0.2) is 6.10 Å². The van der Waals surface area contributed by atoms with Gasteiger partial charge in [0, 0.05) is 25.8 Å². The van der Waals surface area contributed by atoms with Gasteiger partial charge in [-0.3, -0.25) is 14.9 Å². The van der Waals surface area contributed by atoms with E-state index in [2.05, 4.69) is 5.32 Å². The number of nitriles is 1. The number of amides is 1. The molecular weight excluding hydrogens is 310 g/mol. The van der Waals surface area contributed by atoms with Crippen LogP contribution < -0.4 is 5.32 Å². The topological polar surface area (TPSA) is 105 Å². The molecule has 0 saturated heterocycles. The second-order valence-corrected chi connectivity index (χ2v) is 4.99. The molecule has 0 radical (unpaired) electrons. The van der Waals surface area contributed by atoms with Crippen molar-refractivity contribution >= 4 is 11.6 Å². The Bertz CT molecular complexity index is 781. The highest BCUT2D eigenvalue weighted by molar-refractivity contribution is 5.82. The van der Waals surface area contributed by atoms with Crippen molar-refractivity contribution in [3.8, 4) is 6.07 Å². The van der Waals surface area contributed by atoms with Crippen LogP contribution in [0, 0.1) is 21.4 Å². The predicted molar refractivity (Wildman–Crippen MR) is 85.9 cm³/mol. The van der Waals surface area contributed by atoms with Gasteiger partial charge in [0.25, 0.3) is 11.6 Å². The van der Waals surface area contributed by atoms with E-state index in [1.54, 1.807) is 30.3 Å². The van der Waals surface area contributed by atoms with Crippen LogP contribution in [0.3, 0.4) is 0 Å². The maximum Gasteiger partial charge on any atom is 0.269 e. The lowest BCUT2D eigenvalue weighted by atomic mass is 10.1. The van der Waals surface area contributed by atoms with Crippen LogP contribution >= 0.6 is 0 Å². The number of hydrogen-bond donors (Lipinski definition) is 1. The van der Waals surface area contributed by atoms with Crippen molar-refractivity contribution in [3.63, 3.8) is 0 Å². The van der Waals surface area contributed by atoms with Crippen LogP contribution in [0.25, 0.3) is 0 Å². The lowest BCUT2D eigenvalue weighted by Gasteiger charge is -2.15. The molecule has 2 aromatic rings. The van der Waals surface area contributed by atoms with E-state index in [1.807, 2.05) is 6.07 Å². The number of rotatable bonds is 6. The molecule has 0 fully saturated rings. The first-order valence-electron chi connectivity index (χ1n) is 7.09. The number of hydrogen-bond acceptors (Lipinski definition) is 5. The Morgan fingerprint density at radius 1 is 1.33 bits per heavy atom. The zero-order valence-electron chi connectivity index (χ0n) is 12.9. The largest absolute Gasteiger partial charge is 0.367 e. The molecule has 0 aliphatic rings. The number of carbonyl (C=O) groups excluding carboxylic acids is 1. The minimum Gasteiger partial charge on any atom is -0.367 e. The van der Waals surface area contributed by atoms with Gasteiger partial charge in [-0.25, -0.2) is 0 Å². The first-order chi connectivity index (χ1) is 11.5. The standard InChI is InChI=1S/C17H15N3O4/c1-24-16(14-3-2-4-15(9-14)20(22)23)17(21)19-11-13-7-5-12(10-18)6-8-13/h2-9,16H,11H2,1H3,(H,19,21). The fourth-order valence-corrected chi connectivity index (χ4v) is 2.17. The summed E-state index contributed by atoms with van der Waals surface area (Å²) in [4.78, 5) is 22.6. The van der Waals surface area contributed by atoms with Gasteiger partial charge in [-0.2, -0.15) is 5.26 Å². The third kappa shape index (κ3) is 4.15. The predicted octanol–water partition coefficient (Wildman–Crippen LogP) is 2.47. The van der Waals surface area contributed by atoms with Crippen LogP contribution in [0.5, 0.6) is 0 Å². The monoisotopic (exact) mass is 325 g/mol. The van der Waals surface area contributed by atoms with Crippen LogP contribution in [0.2, 0.25) is 0 Å². The number of ether oxygens (including phenoxy) is 1.